The van der Waals surface area contributed by atoms with Gasteiger partial charge in [0.15, 0.2) is 5.79 Å². The second-order valence-electron chi connectivity index (χ2n) is 3.12. The summed E-state index contributed by atoms with van der Waals surface area (Å²) in [6.07, 6.45) is 0.137. The van der Waals surface area contributed by atoms with Crippen LogP contribution >= 0.6 is 11.6 Å². The Kier molecular flexibility index (Phi) is 3.31. The van der Waals surface area contributed by atoms with Gasteiger partial charge in [-0.3, -0.25) is 0 Å². The van der Waals surface area contributed by atoms with E-state index in [2.05, 4.69) is 0 Å². The quantitative estimate of drug-likeness (QED) is 0.577. The normalized spacial score (nSPS) is 11.7. The molecule has 13 heavy (non-hydrogen) atoms. The number of aliphatic hydroxyl groups is 2. The van der Waals surface area contributed by atoms with E-state index in [9.17, 15) is 10.2 Å². The van der Waals surface area contributed by atoms with Gasteiger partial charge in [-0.25, -0.2) is 0 Å². The van der Waals surface area contributed by atoms with Gasteiger partial charge in [-0.15, -0.1) is 11.6 Å². The molecule has 1 rings (SSSR count). The molecule has 0 amide bonds. The molecule has 1 aromatic carbocycles. The van der Waals surface area contributed by atoms with Crippen molar-refractivity contribution in [2.24, 2.45) is 0 Å². The van der Waals surface area contributed by atoms with Gasteiger partial charge < -0.3 is 10.2 Å². The molecule has 0 bridgehead atoms. The van der Waals surface area contributed by atoms with Crippen LogP contribution < -0.4 is 0 Å². The standard InChI is InChI=1S/C10H13ClO2/c1-8-2-4-9(5-3-8)10(12,13)6-7-11/h2-5,12-13H,6-7H2,1H3. The summed E-state index contributed by atoms with van der Waals surface area (Å²) >= 11 is 5.45. The molecule has 0 aromatic heterocycles. The van der Waals surface area contributed by atoms with Crippen LogP contribution in [0.1, 0.15) is 17.5 Å². The number of alkyl halides is 1. The minimum atomic E-state index is -1.80. The third-order valence-corrected chi connectivity index (χ3v) is 2.15. The van der Waals surface area contributed by atoms with Crippen molar-refractivity contribution in [2.75, 3.05) is 5.88 Å². The maximum absolute atomic E-state index is 9.55. The average molecular weight is 201 g/mol. The number of aryl methyl sites for hydroxylation is 1. The summed E-state index contributed by atoms with van der Waals surface area (Å²) < 4.78 is 0. The zero-order valence-electron chi connectivity index (χ0n) is 7.50. The lowest BCUT2D eigenvalue weighted by Crippen LogP contribution is -2.25. The summed E-state index contributed by atoms with van der Waals surface area (Å²) in [5.74, 6) is -1.57. The van der Waals surface area contributed by atoms with E-state index in [1.807, 2.05) is 19.1 Å². The van der Waals surface area contributed by atoms with E-state index in [1.54, 1.807) is 12.1 Å². The molecular weight excluding hydrogens is 188 g/mol. The van der Waals surface area contributed by atoms with Gasteiger partial charge in [0.25, 0.3) is 0 Å². The monoisotopic (exact) mass is 200 g/mol. The number of rotatable bonds is 3. The molecule has 0 spiro atoms. The molecule has 2 N–H and O–H groups in total. The number of benzene rings is 1. The molecule has 0 fully saturated rings. The van der Waals surface area contributed by atoms with Crippen LogP contribution in [-0.2, 0) is 5.79 Å². The zero-order valence-corrected chi connectivity index (χ0v) is 8.25. The molecular formula is C10H13ClO2. The minimum Gasteiger partial charge on any atom is -0.362 e. The molecule has 1 aromatic rings. The molecule has 0 aliphatic heterocycles. The molecule has 0 aliphatic rings. The molecule has 72 valence electrons. The van der Waals surface area contributed by atoms with Crippen molar-refractivity contribution in [3.63, 3.8) is 0 Å². The van der Waals surface area contributed by atoms with Crippen molar-refractivity contribution in [1.82, 2.24) is 0 Å². The summed E-state index contributed by atoms with van der Waals surface area (Å²) in [4.78, 5) is 0. The molecule has 0 atom stereocenters. The van der Waals surface area contributed by atoms with Gasteiger partial charge in [0.05, 0.1) is 0 Å². The maximum atomic E-state index is 9.55. The van der Waals surface area contributed by atoms with E-state index in [0.29, 0.717) is 5.56 Å². The van der Waals surface area contributed by atoms with Crippen LogP contribution in [0.2, 0.25) is 0 Å². The van der Waals surface area contributed by atoms with Gasteiger partial charge >= 0.3 is 0 Å². The second kappa shape index (κ2) is 4.09. The molecule has 3 heteroatoms. The van der Waals surface area contributed by atoms with Crippen LogP contribution in [0.15, 0.2) is 24.3 Å². The molecule has 0 unspecified atom stereocenters. The van der Waals surface area contributed by atoms with E-state index in [0.717, 1.165) is 5.56 Å². The summed E-state index contributed by atoms with van der Waals surface area (Å²) in [7, 11) is 0. The number of hydrogen-bond donors (Lipinski definition) is 2. The molecule has 0 heterocycles. The third-order valence-electron chi connectivity index (χ3n) is 1.96. The Hall–Kier alpha value is -0.570. The van der Waals surface area contributed by atoms with Gasteiger partial charge in [0, 0.05) is 17.9 Å². The fourth-order valence-corrected chi connectivity index (χ4v) is 1.36. The SMILES string of the molecule is Cc1ccc(C(O)(O)CCCl)cc1. The fraction of sp³-hybridized carbons (Fsp3) is 0.400. The van der Waals surface area contributed by atoms with Crippen LogP contribution in [0.5, 0.6) is 0 Å². The lowest BCUT2D eigenvalue weighted by Gasteiger charge is -2.20. The first-order valence-electron chi connectivity index (χ1n) is 4.14. The van der Waals surface area contributed by atoms with E-state index in [4.69, 9.17) is 11.6 Å². The van der Waals surface area contributed by atoms with Gasteiger partial charge in [0.2, 0.25) is 0 Å². The first-order valence-corrected chi connectivity index (χ1v) is 4.67. The summed E-state index contributed by atoms with van der Waals surface area (Å²) in [5.41, 5.74) is 1.57. The smallest absolute Gasteiger partial charge is 0.190 e. The van der Waals surface area contributed by atoms with Crippen LogP contribution in [0.3, 0.4) is 0 Å². The Balaban J connectivity index is 2.87. The summed E-state index contributed by atoms with van der Waals surface area (Å²) in [6.45, 7) is 1.95. The van der Waals surface area contributed by atoms with Crippen molar-refractivity contribution in [2.45, 2.75) is 19.1 Å². The van der Waals surface area contributed by atoms with Crippen LogP contribution in [0.25, 0.3) is 0 Å². The predicted molar refractivity (Wildman–Crippen MR) is 52.6 cm³/mol. The summed E-state index contributed by atoms with van der Waals surface area (Å²) in [6, 6.07) is 7.07. The lowest BCUT2D eigenvalue weighted by atomic mass is 10.0. The van der Waals surface area contributed by atoms with Gasteiger partial charge in [-0.2, -0.15) is 0 Å². The highest BCUT2D eigenvalue weighted by atomic mass is 35.5. The zero-order chi connectivity index (χ0) is 9.90. The highest BCUT2D eigenvalue weighted by Crippen LogP contribution is 2.22. The van der Waals surface area contributed by atoms with Crippen molar-refractivity contribution in [3.8, 4) is 0 Å². The fourth-order valence-electron chi connectivity index (χ4n) is 1.10. The third kappa shape index (κ3) is 2.69. The Bertz CT molecular complexity index is 267. The minimum absolute atomic E-state index is 0.137. The van der Waals surface area contributed by atoms with E-state index >= 15 is 0 Å². The van der Waals surface area contributed by atoms with E-state index in [1.165, 1.54) is 0 Å². The largest absolute Gasteiger partial charge is 0.362 e. The first kappa shape index (κ1) is 10.5. The molecule has 2 nitrogen and oxygen atoms in total. The Labute approximate surface area is 82.8 Å². The highest BCUT2D eigenvalue weighted by Gasteiger charge is 2.24. The van der Waals surface area contributed by atoms with Crippen LogP contribution in [-0.4, -0.2) is 16.1 Å². The Morgan fingerprint density at radius 2 is 1.77 bits per heavy atom. The predicted octanol–water partition coefficient (Wildman–Crippen LogP) is 1.76. The van der Waals surface area contributed by atoms with Gasteiger partial charge in [-0.1, -0.05) is 29.8 Å². The second-order valence-corrected chi connectivity index (χ2v) is 3.50. The van der Waals surface area contributed by atoms with Crippen LogP contribution in [0.4, 0.5) is 0 Å². The maximum Gasteiger partial charge on any atom is 0.190 e. The van der Waals surface area contributed by atoms with Crippen molar-refractivity contribution < 1.29 is 10.2 Å². The van der Waals surface area contributed by atoms with E-state index in [-0.39, 0.29) is 12.3 Å². The van der Waals surface area contributed by atoms with Gasteiger partial charge in [0.1, 0.15) is 0 Å². The average Bonchev–Trinajstić information content (AvgIpc) is 2.05. The molecule has 0 saturated heterocycles. The highest BCUT2D eigenvalue weighted by molar-refractivity contribution is 6.17. The first-order chi connectivity index (χ1) is 6.06. The van der Waals surface area contributed by atoms with E-state index < -0.39 is 5.79 Å². The van der Waals surface area contributed by atoms with Gasteiger partial charge in [-0.05, 0) is 6.92 Å². The molecule has 0 saturated carbocycles. The number of hydrogen-bond acceptors (Lipinski definition) is 2. The molecule has 0 radical (unpaired) electrons. The number of halogens is 1. The lowest BCUT2D eigenvalue weighted by molar-refractivity contribution is -0.170. The summed E-state index contributed by atoms with van der Waals surface area (Å²) in [5, 5.41) is 19.1. The molecule has 0 aliphatic carbocycles. The Morgan fingerprint density at radius 3 is 2.23 bits per heavy atom. The van der Waals surface area contributed by atoms with Crippen molar-refractivity contribution >= 4 is 11.6 Å². The van der Waals surface area contributed by atoms with Crippen molar-refractivity contribution in [1.29, 1.82) is 0 Å². The topological polar surface area (TPSA) is 40.5 Å². The van der Waals surface area contributed by atoms with Crippen molar-refractivity contribution in [3.05, 3.63) is 35.4 Å². The Morgan fingerprint density at radius 1 is 1.23 bits per heavy atom. The van der Waals surface area contributed by atoms with Crippen LogP contribution in [0, 0.1) is 6.92 Å².